The number of rotatable bonds is 4. The molecule has 136 valence electrons. The van der Waals surface area contributed by atoms with Crippen molar-refractivity contribution in [3.63, 3.8) is 0 Å². The van der Waals surface area contributed by atoms with Crippen LogP contribution in [0.4, 0.5) is 8.78 Å². The first-order chi connectivity index (χ1) is 12.2. The van der Waals surface area contributed by atoms with E-state index in [9.17, 15) is 22.3 Å². The number of halogens is 3. The number of aliphatic hydroxyl groups is 1. The van der Waals surface area contributed by atoms with Crippen molar-refractivity contribution < 1.29 is 26.8 Å². The second kappa shape index (κ2) is 6.88. The number of aromatic nitrogens is 1. The van der Waals surface area contributed by atoms with Crippen molar-refractivity contribution in [1.82, 2.24) is 5.16 Å². The Balaban J connectivity index is 2.28. The third-order valence-corrected chi connectivity index (χ3v) is 5.02. The zero-order valence-corrected chi connectivity index (χ0v) is 15.3. The summed E-state index contributed by atoms with van der Waals surface area (Å²) < 4.78 is 57.2. The van der Waals surface area contributed by atoms with Crippen LogP contribution in [0.1, 0.15) is 5.76 Å². The van der Waals surface area contributed by atoms with Crippen LogP contribution in [0.3, 0.4) is 0 Å². The molecule has 3 rings (SSSR count). The minimum absolute atomic E-state index is 0.0166. The van der Waals surface area contributed by atoms with Crippen molar-refractivity contribution in [3.05, 3.63) is 58.3 Å². The van der Waals surface area contributed by atoms with Gasteiger partial charge in [0.1, 0.15) is 28.8 Å². The maximum absolute atomic E-state index is 14.6. The van der Waals surface area contributed by atoms with E-state index in [1.54, 1.807) is 24.3 Å². The summed E-state index contributed by atoms with van der Waals surface area (Å²) in [4.78, 5) is -0.968. The van der Waals surface area contributed by atoms with E-state index in [4.69, 9.17) is 9.66 Å². The van der Waals surface area contributed by atoms with E-state index in [0.717, 1.165) is 0 Å². The van der Waals surface area contributed by atoms with Crippen LogP contribution >= 0.6 is 15.9 Å². The van der Waals surface area contributed by atoms with Crippen molar-refractivity contribution in [3.8, 4) is 22.4 Å². The molecule has 0 radical (unpaired) electrons. The fourth-order valence-electron chi connectivity index (χ4n) is 2.48. The van der Waals surface area contributed by atoms with Crippen molar-refractivity contribution in [1.29, 1.82) is 0 Å². The molecule has 0 spiro atoms. The average molecular weight is 445 g/mol. The Morgan fingerprint density at radius 1 is 1.19 bits per heavy atom. The maximum atomic E-state index is 14.6. The van der Waals surface area contributed by atoms with E-state index < -0.39 is 33.2 Å². The summed E-state index contributed by atoms with van der Waals surface area (Å²) in [5.41, 5.74) is 0.392. The Morgan fingerprint density at radius 3 is 2.54 bits per heavy atom. The second-order valence-corrected chi connectivity index (χ2v) is 7.75. The first kappa shape index (κ1) is 18.6. The summed E-state index contributed by atoms with van der Waals surface area (Å²) in [5, 5.41) is 18.2. The summed E-state index contributed by atoms with van der Waals surface area (Å²) in [6, 6.07) is 7.98. The number of benzene rings is 2. The Hall–Kier alpha value is -2.14. The molecule has 0 aliphatic carbocycles. The number of hydrogen-bond donors (Lipinski definition) is 2. The van der Waals surface area contributed by atoms with Gasteiger partial charge in [-0.25, -0.2) is 22.3 Å². The molecule has 0 aliphatic heterocycles. The lowest BCUT2D eigenvalue weighted by Crippen LogP contribution is -2.14. The molecule has 0 bridgehead atoms. The van der Waals surface area contributed by atoms with Gasteiger partial charge in [0.2, 0.25) is 10.0 Å². The molecule has 3 aromatic rings. The highest BCUT2D eigenvalue weighted by atomic mass is 79.9. The molecule has 6 nitrogen and oxygen atoms in total. The molecule has 0 atom stereocenters. The highest BCUT2D eigenvalue weighted by Crippen LogP contribution is 2.38. The lowest BCUT2D eigenvalue weighted by molar-refractivity contribution is 0.230. The van der Waals surface area contributed by atoms with Crippen LogP contribution in [0.25, 0.3) is 22.4 Å². The highest BCUT2D eigenvalue weighted by Gasteiger charge is 2.25. The van der Waals surface area contributed by atoms with Crippen molar-refractivity contribution in [2.24, 2.45) is 5.14 Å². The van der Waals surface area contributed by atoms with Gasteiger partial charge in [0.05, 0.1) is 5.56 Å². The number of aliphatic hydroxyl groups excluding tert-OH is 1. The average Bonchev–Trinajstić information content (AvgIpc) is 2.99. The zero-order valence-electron chi connectivity index (χ0n) is 12.9. The quantitative estimate of drug-likeness (QED) is 0.642. The predicted molar refractivity (Wildman–Crippen MR) is 92.3 cm³/mol. The van der Waals surface area contributed by atoms with Gasteiger partial charge >= 0.3 is 0 Å². The minimum atomic E-state index is -4.43. The normalized spacial score (nSPS) is 11.7. The van der Waals surface area contributed by atoms with Crippen molar-refractivity contribution >= 4 is 26.0 Å². The fraction of sp³-hybridized carbons (Fsp3) is 0.0625. The number of sulfonamides is 1. The van der Waals surface area contributed by atoms with Crippen LogP contribution in [0, 0.1) is 11.6 Å². The van der Waals surface area contributed by atoms with Gasteiger partial charge < -0.3 is 9.63 Å². The van der Waals surface area contributed by atoms with Crippen LogP contribution in [0.5, 0.6) is 0 Å². The molecular formula is C16H11BrF2N2O4S. The van der Waals surface area contributed by atoms with E-state index in [1.807, 2.05) is 0 Å². The van der Waals surface area contributed by atoms with Crippen molar-refractivity contribution in [2.75, 3.05) is 0 Å². The smallest absolute Gasteiger partial charge is 0.241 e. The van der Waals surface area contributed by atoms with Gasteiger partial charge in [0.25, 0.3) is 0 Å². The number of hydrogen-bond acceptors (Lipinski definition) is 5. The van der Waals surface area contributed by atoms with E-state index in [-0.39, 0.29) is 22.6 Å². The Labute approximate surface area is 155 Å². The SMILES string of the molecule is NS(=O)(=O)c1cc(F)c(-c2c(-c3cccc(Br)c3)noc2CO)cc1F. The summed E-state index contributed by atoms with van der Waals surface area (Å²) in [5.74, 6) is -2.37. The Kier molecular flexibility index (Phi) is 4.93. The molecular weight excluding hydrogens is 434 g/mol. The van der Waals surface area contributed by atoms with Gasteiger partial charge in [-0.2, -0.15) is 0 Å². The topological polar surface area (TPSA) is 106 Å². The number of nitrogens with zero attached hydrogens (tertiary/aromatic N) is 1. The van der Waals surface area contributed by atoms with Crippen LogP contribution in [-0.4, -0.2) is 18.7 Å². The molecule has 0 aliphatic rings. The molecule has 1 aromatic heterocycles. The van der Waals surface area contributed by atoms with Crippen molar-refractivity contribution in [2.45, 2.75) is 11.5 Å². The van der Waals surface area contributed by atoms with E-state index in [0.29, 0.717) is 22.2 Å². The first-order valence-corrected chi connectivity index (χ1v) is 9.44. The van der Waals surface area contributed by atoms with E-state index in [2.05, 4.69) is 21.1 Å². The molecule has 1 heterocycles. The standard InChI is InChI=1S/C16H11BrF2N2O4S/c17-9-3-1-2-8(4-9)16-15(13(7-22)25-21-16)10-5-12(19)14(6-11(10)18)26(20,23)24/h1-6,22H,7H2,(H2,20,23,24). The summed E-state index contributed by atoms with van der Waals surface area (Å²) in [6.45, 7) is -0.617. The predicted octanol–water partition coefficient (Wildman–Crippen LogP) is 3.19. The van der Waals surface area contributed by atoms with E-state index >= 15 is 0 Å². The monoisotopic (exact) mass is 444 g/mol. The lowest BCUT2D eigenvalue weighted by atomic mass is 9.98. The molecule has 3 N–H and O–H groups in total. The van der Waals surface area contributed by atoms with Gasteiger partial charge in [0.15, 0.2) is 5.76 Å². The lowest BCUT2D eigenvalue weighted by Gasteiger charge is -2.08. The van der Waals surface area contributed by atoms with E-state index in [1.165, 1.54) is 0 Å². The van der Waals surface area contributed by atoms with Gasteiger partial charge in [-0.05, 0) is 24.3 Å². The second-order valence-electron chi connectivity index (χ2n) is 5.31. The van der Waals surface area contributed by atoms with Crippen LogP contribution in [-0.2, 0) is 16.6 Å². The van der Waals surface area contributed by atoms with Gasteiger partial charge in [-0.15, -0.1) is 0 Å². The molecule has 0 saturated heterocycles. The van der Waals surface area contributed by atoms with Crippen LogP contribution in [0.2, 0.25) is 0 Å². The minimum Gasteiger partial charge on any atom is -0.388 e. The maximum Gasteiger partial charge on any atom is 0.241 e. The van der Waals surface area contributed by atoms with Gasteiger partial charge in [0, 0.05) is 15.6 Å². The summed E-state index contributed by atoms with van der Waals surface area (Å²) in [6.07, 6.45) is 0. The van der Waals surface area contributed by atoms with Crippen LogP contribution < -0.4 is 5.14 Å². The molecule has 2 aromatic carbocycles. The summed E-state index contributed by atoms with van der Waals surface area (Å²) >= 11 is 3.30. The first-order valence-electron chi connectivity index (χ1n) is 7.10. The largest absolute Gasteiger partial charge is 0.388 e. The molecule has 26 heavy (non-hydrogen) atoms. The molecule has 0 unspecified atom stereocenters. The number of nitrogens with two attached hydrogens (primary N) is 1. The third kappa shape index (κ3) is 3.40. The Morgan fingerprint density at radius 2 is 1.92 bits per heavy atom. The highest BCUT2D eigenvalue weighted by molar-refractivity contribution is 9.10. The summed E-state index contributed by atoms with van der Waals surface area (Å²) in [7, 11) is -4.43. The third-order valence-electron chi connectivity index (χ3n) is 3.60. The molecule has 0 fully saturated rings. The van der Waals surface area contributed by atoms with Gasteiger partial charge in [-0.3, -0.25) is 0 Å². The van der Waals surface area contributed by atoms with Crippen LogP contribution in [0.15, 0.2) is 50.3 Å². The zero-order chi connectivity index (χ0) is 19.1. The molecule has 0 amide bonds. The number of primary sulfonamides is 1. The molecule has 10 heteroatoms. The fourth-order valence-corrected chi connectivity index (χ4v) is 3.48. The van der Waals surface area contributed by atoms with Gasteiger partial charge in [-0.1, -0.05) is 33.2 Å². The Bertz CT molecular complexity index is 1100. The molecule has 0 saturated carbocycles.